The van der Waals surface area contributed by atoms with Gasteiger partial charge in [-0.3, -0.25) is 9.10 Å². The SMILES string of the molecule is Cc1ccc(Cl)cc1N(CC(=O)N/N=C\c1cc(C)n(-c2cc(Cl)cc(Cl)c2)c1C)S(C)(=O)=O. The molecule has 11 heteroatoms. The monoisotopic (exact) mass is 540 g/mol. The highest BCUT2D eigenvalue weighted by molar-refractivity contribution is 7.92. The molecule has 0 saturated carbocycles. The lowest BCUT2D eigenvalue weighted by Gasteiger charge is -2.23. The number of aryl methyl sites for hydroxylation is 2. The summed E-state index contributed by atoms with van der Waals surface area (Å²) in [5.41, 5.74) is 6.74. The van der Waals surface area contributed by atoms with Crippen molar-refractivity contribution in [3.8, 4) is 5.69 Å². The predicted molar refractivity (Wildman–Crippen MR) is 139 cm³/mol. The molecule has 1 aromatic heterocycles. The number of carbonyl (C=O) groups is 1. The Balaban J connectivity index is 1.79. The maximum atomic E-state index is 12.5. The first-order valence-corrected chi connectivity index (χ1v) is 13.1. The number of hydrogen-bond donors (Lipinski definition) is 1. The first-order valence-electron chi connectivity index (χ1n) is 10.1. The average Bonchev–Trinajstić information content (AvgIpc) is 3.00. The van der Waals surface area contributed by atoms with E-state index in [4.69, 9.17) is 34.8 Å². The molecule has 3 aromatic rings. The highest BCUT2D eigenvalue weighted by Crippen LogP contribution is 2.27. The van der Waals surface area contributed by atoms with Crippen LogP contribution in [-0.2, 0) is 14.8 Å². The molecule has 1 heterocycles. The number of benzene rings is 2. The summed E-state index contributed by atoms with van der Waals surface area (Å²) in [6.45, 7) is 5.12. The lowest BCUT2D eigenvalue weighted by molar-refractivity contribution is -0.119. The van der Waals surface area contributed by atoms with Crippen molar-refractivity contribution in [1.82, 2.24) is 9.99 Å². The first-order chi connectivity index (χ1) is 15.9. The largest absolute Gasteiger partial charge is 0.318 e. The van der Waals surface area contributed by atoms with Gasteiger partial charge in [0.05, 0.1) is 18.2 Å². The van der Waals surface area contributed by atoms with Crippen molar-refractivity contribution in [2.45, 2.75) is 20.8 Å². The lowest BCUT2D eigenvalue weighted by atomic mass is 10.2. The Labute approximate surface area is 214 Å². The number of nitrogens with zero attached hydrogens (tertiary/aromatic N) is 3. The van der Waals surface area contributed by atoms with E-state index in [0.29, 0.717) is 26.3 Å². The number of rotatable bonds is 7. The molecule has 0 aliphatic carbocycles. The Morgan fingerprint density at radius 2 is 1.68 bits per heavy atom. The van der Waals surface area contributed by atoms with Gasteiger partial charge in [-0.25, -0.2) is 13.8 Å². The molecule has 34 heavy (non-hydrogen) atoms. The van der Waals surface area contributed by atoms with Gasteiger partial charge < -0.3 is 4.57 Å². The quantitative estimate of drug-likeness (QED) is 0.326. The van der Waals surface area contributed by atoms with E-state index >= 15 is 0 Å². The van der Waals surface area contributed by atoms with Crippen LogP contribution in [0.3, 0.4) is 0 Å². The maximum absolute atomic E-state index is 12.5. The van der Waals surface area contributed by atoms with Crippen molar-refractivity contribution in [3.63, 3.8) is 0 Å². The number of hydrazone groups is 1. The molecule has 0 aliphatic heterocycles. The summed E-state index contributed by atoms with van der Waals surface area (Å²) in [7, 11) is -3.74. The second-order valence-corrected chi connectivity index (χ2v) is 11.0. The molecule has 2 aromatic carbocycles. The smallest absolute Gasteiger partial charge is 0.260 e. The summed E-state index contributed by atoms with van der Waals surface area (Å²) in [4.78, 5) is 12.5. The fraction of sp³-hybridized carbons (Fsp3) is 0.217. The number of sulfonamides is 1. The van der Waals surface area contributed by atoms with Gasteiger partial charge in [0.25, 0.3) is 5.91 Å². The Hall–Kier alpha value is -2.52. The van der Waals surface area contributed by atoms with E-state index in [2.05, 4.69) is 10.5 Å². The molecular weight excluding hydrogens is 519 g/mol. The van der Waals surface area contributed by atoms with Crippen molar-refractivity contribution < 1.29 is 13.2 Å². The zero-order valence-corrected chi connectivity index (χ0v) is 22.0. The van der Waals surface area contributed by atoms with Crippen molar-refractivity contribution >= 4 is 62.6 Å². The fourth-order valence-corrected chi connectivity index (χ4v) is 5.14. The normalized spacial score (nSPS) is 11.7. The summed E-state index contributed by atoms with van der Waals surface area (Å²) in [6.07, 6.45) is 2.53. The number of amides is 1. The number of aromatic nitrogens is 1. The second-order valence-electron chi connectivity index (χ2n) is 7.78. The van der Waals surface area contributed by atoms with Crippen LogP contribution in [0.25, 0.3) is 5.69 Å². The number of halogens is 3. The molecule has 180 valence electrons. The van der Waals surface area contributed by atoms with E-state index in [1.807, 2.05) is 24.5 Å². The minimum Gasteiger partial charge on any atom is -0.318 e. The summed E-state index contributed by atoms with van der Waals surface area (Å²) in [5.74, 6) is -0.600. The van der Waals surface area contributed by atoms with Gasteiger partial charge in [-0.2, -0.15) is 5.10 Å². The molecule has 0 radical (unpaired) electrons. The van der Waals surface area contributed by atoms with Crippen molar-refractivity contribution in [1.29, 1.82) is 0 Å². The van der Waals surface area contributed by atoms with Crippen LogP contribution in [0.1, 0.15) is 22.5 Å². The molecule has 3 rings (SSSR count). The van der Waals surface area contributed by atoms with E-state index in [0.717, 1.165) is 33.2 Å². The van der Waals surface area contributed by atoms with E-state index in [9.17, 15) is 13.2 Å². The molecule has 0 atom stereocenters. The van der Waals surface area contributed by atoms with Gasteiger partial charge in [-0.05, 0) is 62.7 Å². The predicted octanol–water partition coefficient (Wildman–Crippen LogP) is 5.28. The number of carbonyl (C=O) groups excluding carboxylic acids is 1. The third kappa shape index (κ3) is 6.13. The highest BCUT2D eigenvalue weighted by atomic mass is 35.5. The Kier molecular flexibility index (Phi) is 7.98. The number of hydrogen-bond acceptors (Lipinski definition) is 4. The Bertz CT molecular complexity index is 1360. The molecule has 7 nitrogen and oxygen atoms in total. The highest BCUT2D eigenvalue weighted by Gasteiger charge is 2.22. The van der Waals surface area contributed by atoms with Crippen LogP contribution in [0.2, 0.25) is 15.1 Å². The van der Waals surface area contributed by atoms with E-state index in [1.165, 1.54) is 12.3 Å². The van der Waals surface area contributed by atoms with Crippen LogP contribution in [0, 0.1) is 20.8 Å². The summed E-state index contributed by atoms with van der Waals surface area (Å²) in [6, 6.07) is 12.0. The summed E-state index contributed by atoms with van der Waals surface area (Å²) in [5, 5.41) is 5.41. The van der Waals surface area contributed by atoms with Crippen LogP contribution in [0.15, 0.2) is 47.6 Å². The van der Waals surface area contributed by atoms with Gasteiger partial charge in [0, 0.05) is 37.7 Å². The third-order valence-electron chi connectivity index (χ3n) is 5.10. The maximum Gasteiger partial charge on any atom is 0.260 e. The molecule has 0 aliphatic rings. The van der Waals surface area contributed by atoms with E-state index < -0.39 is 22.5 Å². The van der Waals surface area contributed by atoms with Crippen molar-refractivity contribution in [2.75, 3.05) is 17.1 Å². The van der Waals surface area contributed by atoms with E-state index in [1.54, 1.807) is 37.3 Å². The topological polar surface area (TPSA) is 83.8 Å². The molecule has 0 spiro atoms. The lowest BCUT2D eigenvalue weighted by Crippen LogP contribution is -2.39. The van der Waals surface area contributed by atoms with Crippen molar-refractivity contribution in [2.24, 2.45) is 5.10 Å². The van der Waals surface area contributed by atoms with Crippen LogP contribution in [0.5, 0.6) is 0 Å². The fourth-order valence-electron chi connectivity index (χ4n) is 3.56. The molecule has 0 bridgehead atoms. The van der Waals surface area contributed by atoms with Crippen LogP contribution in [-0.4, -0.2) is 37.9 Å². The van der Waals surface area contributed by atoms with Gasteiger partial charge in [-0.1, -0.05) is 40.9 Å². The zero-order valence-electron chi connectivity index (χ0n) is 18.9. The molecule has 0 saturated heterocycles. The van der Waals surface area contributed by atoms with Gasteiger partial charge in [0.15, 0.2) is 0 Å². The van der Waals surface area contributed by atoms with Gasteiger partial charge in [0.2, 0.25) is 10.0 Å². The molecule has 1 N–H and O–H groups in total. The first kappa shape index (κ1) is 26.1. The average molecular weight is 542 g/mol. The molecule has 1 amide bonds. The minimum atomic E-state index is -3.74. The van der Waals surface area contributed by atoms with Crippen LogP contribution < -0.4 is 9.73 Å². The Morgan fingerprint density at radius 3 is 2.29 bits per heavy atom. The second kappa shape index (κ2) is 10.4. The Morgan fingerprint density at radius 1 is 1.03 bits per heavy atom. The minimum absolute atomic E-state index is 0.331. The third-order valence-corrected chi connectivity index (χ3v) is 6.89. The number of anilines is 1. The summed E-state index contributed by atoms with van der Waals surface area (Å²) < 4.78 is 27.6. The van der Waals surface area contributed by atoms with Crippen LogP contribution >= 0.6 is 34.8 Å². The van der Waals surface area contributed by atoms with Crippen LogP contribution in [0.4, 0.5) is 5.69 Å². The standard InChI is InChI=1S/C23H23Cl3N4O3S/c1-14-5-6-18(24)11-22(14)29(34(4,32)33)13-23(31)28-27-12-17-7-15(2)30(16(17)3)21-9-19(25)8-20(26)10-21/h5-12H,13H2,1-4H3,(H,28,31)/b27-12-. The van der Waals surface area contributed by atoms with Gasteiger partial charge in [-0.15, -0.1) is 0 Å². The zero-order chi connectivity index (χ0) is 25.2. The van der Waals surface area contributed by atoms with Crippen molar-refractivity contribution in [3.05, 3.63) is 80.0 Å². The number of nitrogens with one attached hydrogen (secondary N) is 1. The van der Waals surface area contributed by atoms with E-state index in [-0.39, 0.29) is 0 Å². The van der Waals surface area contributed by atoms with Gasteiger partial charge in [0.1, 0.15) is 6.54 Å². The van der Waals surface area contributed by atoms with Gasteiger partial charge >= 0.3 is 0 Å². The molecule has 0 fully saturated rings. The molecular formula is C23H23Cl3N4O3S. The molecule has 0 unspecified atom stereocenters. The summed E-state index contributed by atoms with van der Waals surface area (Å²) >= 11 is 18.3.